The number of aryl methyl sites for hydroxylation is 2. The summed E-state index contributed by atoms with van der Waals surface area (Å²) in [7, 11) is 1.34. The maximum Gasteiger partial charge on any atom is 0.337 e. The number of carbonyl (C=O) groups excluding carboxylic acids is 2. The Bertz CT molecular complexity index is 376. The molecule has 0 saturated heterocycles. The Labute approximate surface area is 88.2 Å². The van der Waals surface area contributed by atoms with Crippen LogP contribution in [0, 0.1) is 13.8 Å². The lowest BCUT2D eigenvalue weighted by Gasteiger charge is -2.10. The maximum absolute atomic E-state index is 11.3. The molecule has 15 heavy (non-hydrogen) atoms. The normalized spacial score (nSPS) is 9.53. The highest BCUT2D eigenvalue weighted by molar-refractivity contribution is 5.91. The van der Waals surface area contributed by atoms with Crippen molar-refractivity contribution in [2.24, 2.45) is 0 Å². The molecule has 80 valence electrons. The highest BCUT2D eigenvalue weighted by atomic mass is 16.5. The molecule has 0 aliphatic rings. The predicted molar refractivity (Wildman–Crippen MR) is 56.9 cm³/mol. The van der Waals surface area contributed by atoms with E-state index in [0.717, 1.165) is 16.8 Å². The van der Waals surface area contributed by atoms with E-state index < -0.39 is 0 Å². The predicted octanol–water partition coefficient (Wildman–Crippen LogP) is 1.66. The number of amides is 1. The van der Waals surface area contributed by atoms with Gasteiger partial charge in [-0.15, -0.1) is 0 Å². The second-order valence-corrected chi connectivity index (χ2v) is 3.24. The SMILES string of the molecule is COC(=O)c1cc(C)c(NC=O)c(C)c1. The minimum absolute atomic E-state index is 0.376. The molecule has 1 amide bonds. The summed E-state index contributed by atoms with van der Waals surface area (Å²) in [6.07, 6.45) is 0.618. The van der Waals surface area contributed by atoms with Gasteiger partial charge in [-0.1, -0.05) is 0 Å². The minimum Gasteiger partial charge on any atom is -0.465 e. The van der Waals surface area contributed by atoms with Gasteiger partial charge in [-0.3, -0.25) is 4.79 Å². The zero-order valence-electron chi connectivity index (χ0n) is 8.96. The van der Waals surface area contributed by atoms with Gasteiger partial charge in [0, 0.05) is 5.69 Å². The molecule has 4 nitrogen and oxygen atoms in total. The van der Waals surface area contributed by atoms with Gasteiger partial charge >= 0.3 is 5.97 Å². The topological polar surface area (TPSA) is 55.4 Å². The molecule has 0 bridgehead atoms. The van der Waals surface area contributed by atoms with Crippen LogP contribution in [0.5, 0.6) is 0 Å². The Balaban J connectivity index is 3.18. The third-order valence-electron chi connectivity index (χ3n) is 2.16. The number of esters is 1. The van der Waals surface area contributed by atoms with Crippen molar-refractivity contribution < 1.29 is 14.3 Å². The summed E-state index contributed by atoms with van der Waals surface area (Å²) in [4.78, 5) is 21.6. The first-order valence-electron chi connectivity index (χ1n) is 4.50. The summed E-state index contributed by atoms with van der Waals surface area (Å²) in [5.74, 6) is -0.376. The average molecular weight is 207 g/mol. The molecule has 0 spiro atoms. The number of ether oxygens (including phenoxy) is 1. The first-order valence-corrected chi connectivity index (χ1v) is 4.50. The lowest BCUT2D eigenvalue weighted by molar-refractivity contribution is -0.105. The van der Waals surface area contributed by atoms with Crippen LogP contribution < -0.4 is 5.32 Å². The van der Waals surface area contributed by atoms with Gasteiger partial charge in [0.25, 0.3) is 0 Å². The van der Waals surface area contributed by atoms with Crippen molar-refractivity contribution in [2.75, 3.05) is 12.4 Å². The molecule has 0 unspecified atom stereocenters. The van der Waals surface area contributed by atoms with Crippen molar-refractivity contribution in [2.45, 2.75) is 13.8 Å². The van der Waals surface area contributed by atoms with Gasteiger partial charge in [0.2, 0.25) is 6.41 Å². The fourth-order valence-electron chi connectivity index (χ4n) is 1.49. The van der Waals surface area contributed by atoms with E-state index in [2.05, 4.69) is 10.1 Å². The van der Waals surface area contributed by atoms with E-state index in [0.29, 0.717) is 12.0 Å². The number of methoxy groups -OCH3 is 1. The Kier molecular flexibility index (Phi) is 3.44. The number of rotatable bonds is 3. The Hall–Kier alpha value is -1.84. The third kappa shape index (κ3) is 2.34. The average Bonchev–Trinajstić information content (AvgIpc) is 2.22. The van der Waals surface area contributed by atoms with E-state index in [-0.39, 0.29) is 5.97 Å². The largest absolute Gasteiger partial charge is 0.465 e. The molecule has 1 rings (SSSR count). The molecule has 1 aromatic carbocycles. The Morgan fingerprint density at radius 2 is 1.87 bits per heavy atom. The number of nitrogens with one attached hydrogen (secondary N) is 1. The van der Waals surface area contributed by atoms with Crippen molar-refractivity contribution in [3.8, 4) is 0 Å². The van der Waals surface area contributed by atoms with Crippen LogP contribution in [0.3, 0.4) is 0 Å². The van der Waals surface area contributed by atoms with E-state index in [1.807, 2.05) is 13.8 Å². The van der Waals surface area contributed by atoms with Crippen LogP contribution in [-0.4, -0.2) is 19.5 Å². The number of hydrogen-bond acceptors (Lipinski definition) is 3. The van der Waals surface area contributed by atoms with E-state index in [4.69, 9.17) is 0 Å². The molecule has 0 radical (unpaired) electrons. The van der Waals surface area contributed by atoms with Crippen molar-refractivity contribution in [1.82, 2.24) is 0 Å². The summed E-state index contributed by atoms with van der Waals surface area (Å²) in [5.41, 5.74) is 2.90. The summed E-state index contributed by atoms with van der Waals surface area (Å²) < 4.78 is 4.62. The third-order valence-corrected chi connectivity index (χ3v) is 2.16. The van der Waals surface area contributed by atoms with Crippen molar-refractivity contribution in [3.63, 3.8) is 0 Å². The number of carbonyl (C=O) groups is 2. The van der Waals surface area contributed by atoms with Gasteiger partial charge < -0.3 is 10.1 Å². The Morgan fingerprint density at radius 3 is 2.27 bits per heavy atom. The molecule has 0 aliphatic carbocycles. The molecule has 0 fully saturated rings. The van der Waals surface area contributed by atoms with Gasteiger partial charge in [0.15, 0.2) is 0 Å². The van der Waals surface area contributed by atoms with Gasteiger partial charge in [0.05, 0.1) is 12.7 Å². The fourth-order valence-corrected chi connectivity index (χ4v) is 1.49. The van der Waals surface area contributed by atoms with E-state index in [9.17, 15) is 9.59 Å². The molecule has 0 aromatic heterocycles. The lowest BCUT2D eigenvalue weighted by atomic mass is 10.0. The van der Waals surface area contributed by atoms with Crippen LogP contribution in [0.2, 0.25) is 0 Å². The summed E-state index contributed by atoms with van der Waals surface area (Å²) in [6, 6.07) is 3.37. The van der Waals surface area contributed by atoms with E-state index in [1.165, 1.54) is 7.11 Å². The molecular weight excluding hydrogens is 194 g/mol. The highest BCUT2D eigenvalue weighted by Crippen LogP contribution is 2.21. The second kappa shape index (κ2) is 4.59. The van der Waals surface area contributed by atoms with Gasteiger partial charge in [0.1, 0.15) is 0 Å². The van der Waals surface area contributed by atoms with Crippen LogP contribution >= 0.6 is 0 Å². The first-order chi connectivity index (χ1) is 7.10. The van der Waals surface area contributed by atoms with Crippen molar-refractivity contribution in [1.29, 1.82) is 0 Å². The molecule has 0 heterocycles. The van der Waals surface area contributed by atoms with Gasteiger partial charge in [-0.25, -0.2) is 4.79 Å². The smallest absolute Gasteiger partial charge is 0.337 e. The quantitative estimate of drug-likeness (QED) is 0.605. The number of anilines is 1. The van der Waals surface area contributed by atoms with Crippen LogP contribution in [0.1, 0.15) is 21.5 Å². The molecule has 0 atom stereocenters. The fraction of sp³-hybridized carbons (Fsp3) is 0.273. The Morgan fingerprint density at radius 1 is 1.33 bits per heavy atom. The molecule has 4 heteroatoms. The van der Waals surface area contributed by atoms with Gasteiger partial charge in [-0.2, -0.15) is 0 Å². The molecular formula is C11H13NO3. The first kappa shape index (κ1) is 11.2. The van der Waals surface area contributed by atoms with Crippen molar-refractivity contribution >= 4 is 18.1 Å². The molecule has 0 saturated carbocycles. The van der Waals surface area contributed by atoms with E-state index in [1.54, 1.807) is 12.1 Å². The highest BCUT2D eigenvalue weighted by Gasteiger charge is 2.10. The molecule has 1 aromatic rings. The van der Waals surface area contributed by atoms with Crippen LogP contribution in [-0.2, 0) is 9.53 Å². The molecule has 0 aliphatic heterocycles. The van der Waals surface area contributed by atoms with E-state index >= 15 is 0 Å². The lowest BCUT2D eigenvalue weighted by Crippen LogP contribution is -2.05. The summed E-state index contributed by atoms with van der Waals surface area (Å²) >= 11 is 0. The molecule has 1 N–H and O–H groups in total. The zero-order valence-corrected chi connectivity index (χ0v) is 8.96. The summed E-state index contributed by atoms with van der Waals surface area (Å²) in [5, 5.41) is 2.60. The van der Waals surface area contributed by atoms with Gasteiger partial charge in [-0.05, 0) is 37.1 Å². The summed E-state index contributed by atoms with van der Waals surface area (Å²) in [6.45, 7) is 3.65. The monoisotopic (exact) mass is 207 g/mol. The number of benzene rings is 1. The second-order valence-electron chi connectivity index (χ2n) is 3.24. The van der Waals surface area contributed by atoms with Crippen LogP contribution in [0.4, 0.5) is 5.69 Å². The zero-order chi connectivity index (χ0) is 11.4. The van der Waals surface area contributed by atoms with Crippen molar-refractivity contribution in [3.05, 3.63) is 28.8 Å². The maximum atomic E-state index is 11.3. The number of hydrogen-bond donors (Lipinski definition) is 1. The standard InChI is InChI=1S/C11H13NO3/c1-7-4-9(11(14)15-3)5-8(2)10(7)12-6-13/h4-6H,1-3H3,(H,12,13). The van der Waals surface area contributed by atoms with Crippen LogP contribution in [0.15, 0.2) is 12.1 Å². The van der Waals surface area contributed by atoms with Crippen LogP contribution in [0.25, 0.3) is 0 Å². The minimum atomic E-state index is -0.376.